The van der Waals surface area contributed by atoms with Gasteiger partial charge in [0.05, 0.1) is 12.9 Å². The molecule has 0 heterocycles. The van der Waals surface area contributed by atoms with E-state index in [1.54, 1.807) is 0 Å². The third kappa shape index (κ3) is 4.63. The van der Waals surface area contributed by atoms with Gasteiger partial charge in [0.1, 0.15) is 12.2 Å². The molecule has 0 saturated heterocycles. The molecule has 0 rings (SSSR count). The van der Waals surface area contributed by atoms with Gasteiger partial charge in [-0.2, -0.15) is 8.42 Å². The lowest BCUT2D eigenvalue weighted by atomic mass is 10.1. The molecular weight excluding hydrogens is 216 g/mol. The van der Waals surface area contributed by atoms with Crippen LogP contribution in [0.25, 0.3) is 0 Å². The molecule has 0 aromatic carbocycles. The number of rotatable bonds is 6. The monoisotopic (exact) mass is 228 g/mol. The van der Waals surface area contributed by atoms with E-state index in [1.165, 1.54) is 0 Å². The van der Waals surface area contributed by atoms with Gasteiger partial charge in [-0.1, -0.05) is 0 Å². The minimum absolute atomic E-state index is 0.0323. The van der Waals surface area contributed by atoms with Crippen molar-refractivity contribution in [1.29, 1.82) is 0 Å². The minimum atomic E-state index is -3.91. The van der Waals surface area contributed by atoms with Gasteiger partial charge in [0.2, 0.25) is 0 Å². The molecule has 3 N–H and O–H groups in total. The Labute approximate surface area is 81.1 Å². The van der Waals surface area contributed by atoms with Gasteiger partial charge >= 0.3 is 0 Å². The Morgan fingerprint density at radius 3 is 2.21 bits per heavy atom. The molecule has 0 saturated carbocycles. The summed E-state index contributed by atoms with van der Waals surface area (Å²) < 4.78 is 25.3. The molecule has 84 valence electrons. The molecule has 0 aliphatic carbocycles. The summed E-state index contributed by atoms with van der Waals surface area (Å²) in [7, 11) is -3.91. The number of hydrogen-bond donors (Lipinski definition) is 3. The highest BCUT2D eigenvalue weighted by Crippen LogP contribution is 2.05. The van der Waals surface area contributed by atoms with Crippen LogP contribution in [0.1, 0.15) is 0 Å². The van der Waals surface area contributed by atoms with Crippen LogP contribution in [0.2, 0.25) is 0 Å². The molecular formula is C6H12O7S. The molecule has 0 aromatic rings. The molecule has 7 nitrogen and oxygen atoms in total. The molecule has 0 unspecified atom stereocenters. The van der Waals surface area contributed by atoms with Crippen LogP contribution in [0.15, 0.2) is 0 Å². The third-order valence-electron chi connectivity index (χ3n) is 1.34. The Morgan fingerprint density at radius 2 is 1.93 bits per heavy atom. The van der Waals surface area contributed by atoms with Crippen LogP contribution in [0.5, 0.6) is 0 Å². The first-order valence-corrected chi connectivity index (χ1v) is 5.44. The Bertz CT molecular complexity index is 272. The first-order chi connectivity index (χ1) is 6.31. The summed E-state index contributed by atoms with van der Waals surface area (Å²) in [6.07, 6.45) is -4.40. The second-order valence-electron chi connectivity index (χ2n) is 2.64. The van der Waals surface area contributed by atoms with Crippen LogP contribution in [0.3, 0.4) is 0 Å². The average Bonchev–Trinajstić information content (AvgIpc) is 2.10. The maximum atomic E-state index is 10.6. The van der Waals surface area contributed by atoms with Crippen molar-refractivity contribution in [2.24, 2.45) is 0 Å². The second-order valence-corrected chi connectivity index (χ2v) is 4.24. The number of carbonyl (C=O) groups is 1. The first-order valence-electron chi connectivity index (χ1n) is 3.62. The number of aliphatic hydroxyl groups is 3. The van der Waals surface area contributed by atoms with Crippen molar-refractivity contribution in [2.75, 3.05) is 12.9 Å². The van der Waals surface area contributed by atoms with E-state index >= 15 is 0 Å². The summed E-state index contributed by atoms with van der Waals surface area (Å²) in [5.41, 5.74) is 0. The van der Waals surface area contributed by atoms with Gasteiger partial charge in [-0.25, -0.2) is 0 Å². The zero-order valence-electron chi connectivity index (χ0n) is 7.40. The molecule has 8 heteroatoms. The molecule has 0 aromatic heterocycles. The molecule has 0 radical (unpaired) electrons. The molecule has 0 bridgehead atoms. The highest BCUT2D eigenvalue weighted by molar-refractivity contribution is 7.86. The van der Waals surface area contributed by atoms with Gasteiger partial charge in [-0.05, 0) is 0 Å². The topological polar surface area (TPSA) is 121 Å². The molecule has 0 aliphatic heterocycles. The van der Waals surface area contributed by atoms with Gasteiger partial charge in [-0.3, -0.25) is 4.18 Å². The van der Waals surface area contributed by atoms with Crippen molar-refractivity contribution in [3.63, 3.8) is 0 Å². The van der Waals surface area contributed by atoms with Crippen LogP contribution in [0, 0.1) is 0 Å². The van der Waals surface area contributed by atoms with Gasteiger partial charge in [0, 0.05) is 0 Å². The summed E-state index contributed by atoms with van der Waals surface area (Å²) in [6.45, 7) is -0.807. The zero-order chi connectivity index (χ0) is 11.4. The Balaban J connectivity index is 4.49. The SMILES string of the molecule is CS(=O)(=O)O[C@H](C=O)[C@H](O)[C@H](O)CO. The lowest BCUT2D eigenvalue weighted by Crippen LogP contribution is -2.42. The Morgan fingerprint density at radius 1 is 1.43 bits per heavy atom. The Kier molecular flexibility index (Phi) is 5.16. The van der Waals surface area contributed by atoms with Crippen molar-refractivity contribution in [3.8, 4) is 0 Å². The van der Waals surface area contributed by atoms with Crippen LogP contribution < -0.4 is 0 Å². The van der Waals surface area contributed by atoms with E-state index in [1.807, 2.05) is 0 Å². The first kappa shape index (κ1) is 13.5. The van der Waals surface area contributed by atoms with E-state index < -0.39 is 35.0 Å². The number of carbonyl (C=O) groups excluding carboxylic acids is 1. The minimum Gasteiger partial charge on any atom is -0.394 e. The molecule has 14 heavy (non-hydrogen) atoms. The predicted octanol–water partition coefficient (Wildman–Crippen LogP) is -2.76. The molecule has 3 atom stereocenters. The second kappa shape index (κ2) is 5.37. The van der Waals surface area contributed by atoms with Gasteiger partial charge in [0.25, 0.3) is 10.1 Å². The summed E-state index contributed by atoms with van der Waals surface area (Å²) in [4.78, 5) is 10.3. The molecule has 0 fully saturated rings. The fourth-order valence-electron chi connectivity index (χ4n) is 0.689. The standard InChI is InChI=1S/C6H12O7S/c1-14(11,12)13-5(3-8)6(10)4(9)2-7/h3-7,9-10H,2H2,1H3/t4-,5-,6-/m1/s1. The van der Waals surface area contributed by atoms with E-state index in [9.17, 15) is 13.2 Å². The molecule has 0 aliphatic rings. The molecule has 0 amide bonds. The smallest absolute Gasteiger partial charge is 0.265 e. The lowest BCUT2D eigenvalue weighted by Gasteiger charge is -2.20. The summed E-state index contributed by atoms with van der Waals surface area (Å²) in [6, 6.07) is 0. The highest BCUT2D eigenvalue weighted by Gasteiger charge is 2.29. The quantitative estimate of drug-likeness (QED) is 0.332. The number of hydrogen-bond acceptors (Lipinski definition) is 7. The summed E-state index contributed by atoms with van der Waals surface area (Å²) in [5.74, 6) is 0. The van der Waals surface area contributed by atoms with Gasteiger partial charge < -0.3 is 20.1 Å². The molecule has 0 spiro atoms. The Hall–Kier alpha value is -0.540. The maximum absolute atomic E-state index is 10.6. The highest BCUT2D eigenvalue weighted by atomic mass is 32.2. The van der Waals surface area contributed by atoms with Crippen LogP contribution >= 0.6 is 0 Å². The van der Waals surface area contributed by atoms with Crippen LogP contribution in [-0.2, 0) is 19.1 Å². The van der Waals surface area contributed by atoms with E-state index in [2.05, 4.69) is 4.18 Å². The average molecular weight is 228 g/mol. The predicted molar refractivity (Wildman–Crippen MR) is 44.9 cm³/mol. The van der Waals surface area contributed by atoms with Crippen LogP contribution in [-0.4, -0.2) is 61.2 Å². The van der Waals surface area contributed by atoms with E-state index in [4.69, 9.17) is 15.3 Å². The van der Waals surface area contributed by atoms with E-state index in [0.29, 0.717) is 6.26 Å². The fraction of sp³-hybridized carbons (Fsp3) is 0.833. The third-order valence-corrected chi connectivity index (χ3v) is 1.91. The normalized spacial score (nSPS) is 18.6. The van der Waals surface area contributed by atoms with Crippen molar-refractivity contribution in [1.82, 2.24) is 0 Å². The zero-order valence-corrected chi connectivity index (χ0v) is 8.22. The lowest BCUT2D eigenvalue weighted by molar-refractivity contribution is -0.124. The van der Waals surface area contributed by atoms with Crippen molar-refractivity contribution < 1.29 is 32.7 Å². The summed E-state index contributed by atoms with van der Waals surface area (Å²) >= 11 is 0. The van der Waals surface area contributed by atoms with E-state index in [-0.39, 0.29) is 6.29 Å². The van der Waals surface area contributed by atoms with Gasteiger partial charge in [-0.15, -0.1) is 0 Å². The van der Waals surface area contributed by atoms with Crippen molar-refractivity contribution in [2.45, 2.75) is 18.3 Å². The van der Waals surface area contributed by atoms with Gasteiger partial charge in [0.15, 0.2) is 12.4 Å². The largest absolute Gasteiger partial charge is 0.394 e. The van der Waals surface area contributed by atoms with Crippen molar-refractivity contribution in [3.05, 3.63) is 0 Å². The number of aliphatic hydroxyl groups excluding tert-OH is 3. The maximum Gasteiger partial charge on any atom is 0.265 e. The van der Waals surface area contributed by atoms with Crippen LogP contribution in [0.4, 0.5) is 0 Å². The van der Waals surface area contributed by atoms with Crippen molar-refractivity contribution >= 4 is 16.4 Å². The number of aldehydes is 1. The summed E-state index contributed by atoms with van der Waals surface area (Å²) in [5, 5.41) is 26.4. The van der Waals surface area contributed by atoms with E-state index in [0.717, 1.165) is 0 Å². The fourth-order valence-corrected chi connectivity index (χ4v) is 1.25.